The SMILES string of the molecule is CNC(c1cccc2cccnc12)C1CC1. The number of pyridine rings is 1. The van der Waals surface area contributed by atoms with Gasteiger partial charge in [0, 0.05) is 17.6 Å². The van der Waals surface area contributed by atoms with Gasteiger partial charge in [-0.05, 0) is 37.4 Å². The van der Waals surface area contributed by atoms with Crippen molar-refractivity contribution in [2.24, 2.45) is 5.92 Å². The van der Waals surface area contributed by atoms with Gasteiger partial charge in [0.05, 0.1) is 5.52 Å². The molecule has 1 aliphatic carbocycles. The van der Waals surface area contributed by atoms with Crippen LogP contribution in [0.25, 0.3) is 10.9 Å². The van der Waals surface area contributed by atoms with Crippen LogP contribution in [0.4, 0.5) is 0 Å². The molecule has 0 aliphatic heterocycles. The van der Waals surface area contributed by atoms with Crippen molar-refractivity contribution in [1.82, 2.24) is 10.3 Å². The van der Waals surface area contributed by atoms with Crippen LogP contribution in [0, 0.1) is 5.92 Å². The van der Waals surface area contributed by atoms with E-state index in [0.717, 1.165) is 11.4 Å². The zero-order valence-electron chi connectivity index (χ0n) is 9.48. The number of nitrogens with one attached hydrogen (secondary N) is 1. The maximum atomic E-state index is 4.52. The summed E-state index contributed by atoms with van der Waals surface area (Å²) in [6.07, 6.45) is 4.56. The Morgan fingerprint density at radius 1 is 1.25 bits per heavy atom. The summed E-state index contributed by atoms with van der Waals surface area (Å²) in [7, 11) is 2.05. The van der Waals surface area contributed by atoms with Crippen molar-refractivity contribution in [2.45, 2.75) is 18.9 Å². The van der Waals surface area contributed by atoms with Gasteiger partial charge in [-0.15, -0.1) is 0 Å². The van der Waals surface area contributed by atoms with Crippen molar-refractivity contribution in [3.8, 4) is 0 Å². The Bertz CT molecular complexity index is 498. The van der Waals surface area contributed by atoms with Crippen LogP contribution in [0.2, 0.25) is 0 Å². The molecule has 0 radical (unpaired) electrons. The van der Waals surface area contributed by atoms with Crippen molar-refractivity contribution in [1.29, 1.82) is 0 Å². The molecule has 1 N–H and O–H groups in total. The normalized spacial score (nSPS) is 17.6. The standard InChI is InChI=1S/C14H16N2/c1-15-13(11-7-8-11)12-6-2-4-10-5-3-9-16-14(10)12/h2-6,9,11,13,15H,7-8H2,1H3. The summed E-state index contributed by atoms with van der Waals surface area (Å²) in [6, 6.07) is 11.1. The number of rotatable bonds is 3. The number of para-hydroxylation sites is 1. The minimum atomic E-state index is 0.471. The highest BCUT2D eigenvalue weighted by molar-refractivity contribution is 5.82. The van der Waals surface area contributed by atoms with Gasteiger partial charge in [-0.1, -0.05) is 24.3 Å². The molecule has 1 saturated carbocycles. The molecule has 2 heteroatoms. The molecule has 2 nitrogen and oxygen atoms in total. The average molecular weight is 212 g/mol. The zero-order valence-corrected chi connectivity index (χ0v) is 9.48. The quantitative estimate of drug-likeness (QED) is 0.846. The third-order valence-corrected chi connectivity index (χ3v) is 3.40. The molecule has 3 rings (SSSR count). The first-order chi connectivity index (χ1) is 7.90. The molecule has 1 unspecified atom stereocenters. The molecule has 82 valence electrons. The number of fused-ring (bicyclic) bond motifs is 1. The molecular weight excluding hydrogens is 196 g/mol. The van der Waals surface area contributed by atoms with E-state index in [-0.39, 0.29) is 0 Å². The first kappa shape index (κ1) is 9.79. The largest absolute Gasteiger partial charge is 0.313 e. The average Bonchev–Trinajstić information content (AvgIpc) is 3.15. The monoisotopic (exact) mass is 212 g/mol. The van der Waals surface area contributed by atoms with Crippen LogP contribution in [0.5, 0.6) is 0 Å². The maximum absolute atomic E-state index is 4.52. The Labute approximate surface area is 95.7 Å². The lowest BCUT2D eigenvalue weighted by Gasteiger charge is -2.17. The Morgan fingerprint density at radius 3 is 2.81 bits per heavy atom. The molecule has 0 saturated heterocycles. The van der Waals surface area contributed by atoms with Crippen LogP contribution in [-0.2, 0) is 0 Å². The molecule has 1 atom stereocenters. The molecule has 1 aromatic heterocycles. The summed E-state index contributed by atoms with van der Waals surface area (Å²) in [6.45, 7) is 0. The van der Waals surface area contributed by atoms with Gasteiger partial charge in [0.1, 0.15) is 0 Å². The van der Waals surface area contributed by atoms with Crippen LogP contribution < -0.4 is 5.32 Å². The summed E-state index contributed by atoms with van der Waals surface area (Å²) < 4.78 is 0. The van der Waals surface area contributed by atoms with Crippen LogP contribution in [0.1, 0.15) is 24.4 Å². The van der Waals surface area contributed by atoms with E-state index in [9.17, 15) is 0 Å². The van der Waals surface area contributed by atoms with E-state index < -0.39 is 0 Å². The Morgan fingerprint density at radius 2 is 2.06 bits per heavy atom. The van der Waals surface area contributed by atoms with E-state index in [4.69, 9.17) is 0 Å². The number of benzene rings is 1. The second-order valence-corrected chi connectivity index (χ2v) is 4.53. The number of hydrogen-bond acceptors (Lipinski definition) is 2. The summed E-state index contributed by atoms with van der Waals surface area (Å²) in [5, 5.41) is 4.67. The minimum Gasteiger partial charge on any atom is -0.313 e. The highest BCUT2D eigenvalue weighted by Crippen LogP contribution is 2.42. The third-order valence-electron chi connectivity index (χ3n) is 3.40. The highest BCUT2D eigenvalue weighted by Gasteiger charge is 2.32. The Kier molecular flexibility index (Phi) is 2.37. The van der Waals surface area contributed by atoms with Crippen molar-refractivity contribution in [3.05, 3.63) is 42.1 Å². The van der Waals surface area contributed by atoms with Gasteiger partial charge in [-0.25, -0.2) is 0 Å². The number of aromatic nitrogens is 1. The van der Waals surface area contributed by atoms with Gasteiger partial charge in [0.15, 0.2) is 0 Å². The summed E-state index contributed by atoms with van der Waals surface area (Å²) in [4.78, 5) is 4.52. The first-order valence-corrected chi connectivity index (χ1v) is 5.91. The van der Waals surface area contributed by atoms with E-state index in [1.807, 2.05) is 19.3 Å². The predicted octanol–water partition coefficient (Wildman–Crippen LogP) is 2.91. The van der Waals surface area contributed by atoms with Crippen LogP contribution in [0.3, 0.4) is 0 Å². The second kappa shape index (κ2) is 3.87. The summed E-state index contributed by atoms with van der Waals surface area (Å²) in [5.74, 6) is 0.803. The van der Waals surface area contributed by atoms with Gasteiger partial charge in [-0.3, -0.25) is 4.98 Å². The molecule has 1 heterocycles. The third kappa shape index (κ3) is 1.59. The van der Waals surface area contributed by atoms with E-state index in [2.05, 4.69) is 34.6 Å². The van der Waals surface area contributed by atoms with Crippen LogP contribution in [0.15, 0.2) is 36.5 Å². The van der Waals surface area contributed by atoms with E-state index in [0.29, 0.717) is 6.04 Å². The summed E-state index contributed by atoms with van der Waals surface area (Å²) >= 11 is 0. The van der Waals surface area contributed by atoms with Gasteiger partial charge >= 0.3 is 0 Å². The van der Waals surface area contributed by atoms with Crippen molar-refractivity contribution in [3.63, 3.8) is 0 Å². The highest BCUT2D eigenvalue weighted by atomic mass is 14.9. The maximum Gasteiger partial charge on any atom is 0.0749 e. The molecule has 1 fully saturated rings. The smallest absolute Gasteiger partial charge is 0.0749 e. The molecular formula is C14H16N2. The second-order valence-electron chi connectivity index (χ2n) is 4.53. The lowest BCUT2D eigenvalue weighted by atomic mass is 9.99. The fourth-order valence-electron chi connectivity index (χ4n) is 2.45. The lowest BCUT2D eigenvalue weighted by Crippen LogP contribution is -2.18. The minimum absolute atomic E-state index is 0.471. The summed E-state index contributed by atoms with van der Waals surface area (Å²) in [5.41, 5.74) is 2.50. The van der Waals surface area contributed by atoms with Crippen molar-refractivity contribution < 1.29 is 0 Å². The fraction of sp³-hybridized carbons (Fsp3) is 0.357. The van der Waals surface area contributed by atoms with Crippen molar-refractivity contribution >= 4 is 10.9 Å². The molecule has 0 spiro atoms. The van der Waals surface area contributed by atoms with Gasteiger partial charge in [-0.2, -0.15) is 0 Å². The Hall–Kier alpha value is -1.41. The molecule has 0 bridgehead atoms. The molecule has 1 aliphatic rings. The molecule has 16 heavy (non-hydrogen) atoms. The van der Waals surface area contributed by atoms with Gasteiger partial charge < -0.3 is 5.32 Å². The van der Waals surface area contributed by atoms with Crippen LogP contribution in [-0.4, -0.2) is 12.0 Å². The van der Waals surface area contributed by atoms with E-state index in [1.54, 1.807) is 0 Å². The van der Waals surface area contributed by atoms with Gasteiger partial charge in [0.2, 0.25) is 0 Å². The molecule has 0 amide bonds. The molecule has 1 aromatic carbocycles. The van der Waals surface area contributed by atoms with Crippen LogP contribution >= 0.6 is 0 Å². The van der Waals surface area contributed by atoms with E-state index in [1.165, 1.54) is 23.8 Å². The fourth-order valence-corrected chi connectivity index (χ4v) is 2.45. The number of hydrogen-bond donors (Lipinski definition) is 1. The van der Waals surface area contributed by atoms with Crippen molar-refractivity contribution in [2.75, 3.05) is 7.05 Å². The lowest BCUT2D eigenvalue weighted by molar-refractivity contribution is 0.532. The predicted molar refractivity (Wildman–Crippen MR) is 66.3 cm³/mol. The molecule has 2 aromatic rings. The zero-order chi connectivity index (χ0) is 11.0. The topological polar surface area (TPSA) is 24.9 Å². The number of nitrogens with zero attached hydrogens (tertiary/aromatic N) is 1. The first-order valence-electron chi connectivity index (χ1n) is 5.91. The van der Waals surface area contributed by atoms with E-state index >= 15 is 0 Å². The Balaban J connectivity index is 2.14. The van der Waals surface area contributed by atoms with Gasteiger partial charge in [0.25, 0.3) is 0 Å².